The zero-order chi connectivity index (χ0) is 17.0. The number of rotatable bonds is 0. The van der Waals surface area contributed by atoms with E-state index in [9.17, 15) is 0 Å². The highest BCUT2D eigenvalue weighted by Crippen LogP contribution is 2.71. The first-order chi connectivity index (χ1) is 13.3. The smallest absolute Gasteiger partial charge is 0.0875 e. The van der Waals surface area contributed by atoms with E-state index < -0.39 is 0 Å². The van der Waals surface area contributed by atoms with Gasteiger partial charge >= 0.3 is 0 Å². The Bertz CT molecular complexity index is 708. The Morgan fingerprint density at radius 1 is 0.370 bits per heavy atom. The van der Waals surface area contributed by atoms with Crippen molar-refractivity contribution in [3.8, 4) is 0 Å². The van der Waals surface area contributed by atoms with Crippen LogP contribution in [-0.2, 0) is 18.9 Å². The average Bonchev–Trinajstić information content (AvgIpc) is 3.58. The van der Waals surface area contributed by atoms with E-state index in [1.165, 1.54) is 38.5 Å². The van der Waals surface area contributed by atoms with E-state index in [4.69, 9.17) is 18.9 Å². The van der Waals surface area contributed by atoms with Gasteiger partial charge in [-0.05, 0) is 92.3 Å². The van der Waals surface area contributed by atoms with Crippen LogP contribution in [0.2, 0.25) is 0 Å². The Hall–Kier alpha value is -0.160. The first kappa shape index (κ1) is 14.8. The van der Waals surface area contributed by atoms with Gasteiger partial charge in [0, 0.05) is 0 Å². The fraction of sp³-hybridized carbons (Fsp3) is 1.00. The third-order valence-electron chi connectivity index (χ3n) is 10.8. The fourth-order valence-electron chi connectivity index (χ4n) is 9.66. The van der Waals surface area contributed by atoms with Gasteiger partial charge < -0.3 is 18.9 Å². The van der Waals surface area contributed by atoms with Crippen LogP contribution in [0.1, 0.15) is 44.9 Å². The second-order valence-corrected chi connectivity index (χ2v) is 11.7. The predicted molar refractivity (Wildman–Crippen MR) is 94.9 cm³/mol. The molecule has 0 aromatic carbocycles. The first-order valence-electron chi connectivity index (χ1n) is 11.9. The molecule has 6 aliphatic carbocycles. The Balaban J connectivity index is 0.0000000974. The van der Waals surface area contributed by atoms with Crippen molar-refractivity contribution >= 4 is 0 Å². The molecule has 4 heteroatoms. The number of hydrogen-bond donors (Lipinski definition) is 0. The number of fused-ring (bicyclic) bond motifs is 15. The van der Waals surface area contributed by atoms with Crippen molar-refractivity contribution in [1.29, 1.82) is 0 Å². The molecule has 27 heavy (non-hydrogen) atoms. The molecule has 0 aromatic rings. The average molecular weight is 370 g/mol. The maximum Gasteiger partial charge on any atom is 0.0875 e. The van der Waals surface area contributed by atoms with E-state index in [2.05, 4.69) is 0 Å². The molecule has 0 amide bonds. The molecule has 16 atom stereocenters. The molecule has 4 saturated heterocycles. The van der Waals surface area contributed by atoms with Crippen LogP contribution < -0.4 is 0 Å². The van der Waals surface area contributed by atoms with Crippen LogP contribution in [0.4, 0.5) is 0 Å². The molecule has 16 unspecified atom stereocenters. The van der Waals surface area contributed by atoms with Gasteiger partial charge in [-0.1, -0.05) is 0 Å². The molecule has 10 rings (SSSR count). The van der Waals surface area contributed by atoms with Crippen LogP contribution in [0.3, 0.4) is 0 Å². The normalized spacial score (nSPS) is 73.8. The van der Waals surface area contributed by atoms with E-state index in [0.29, 0.717) is 48.8 Å². The Morgan fingerprint density at radius 2 is 0.889 bits per heavy atom. The summed E-state index contributed by atoms with van der Waals surface area (Å²) in [5.41, 5.74) is 0. The lowest BCUT2D eigenvalue weighted by Crippen LogP contribution is -2.38. The molecule has 0 spiro atoms. The molecule has 10 aliphatic rings. The van der Waals surface area contributed by atoms with Crippen LogP contribution in [0.15, 0.2) is 0 Å². The van der Waals surface area contributed by atoms with Gasteiger partial charge in [-0.15, -0.1) is 0 Å². The molecule has 4 heterocycles. The molecule has 0 N–H and O–H groups in total. The Labute approximate surface area is 160 Å². The van der Waals surface area contributed by atoms with E-state index in [1.807, 2.05) is 0 Å². The van der Waals surface area contributed by atoms with Gasteiger partial charge in [0.15, 0.2) is 0 Å². The van der Waals surface area contributed by atoms with Crippen molar-refractivity contribution in [1.82, 2.24) is 0 Å². The summed E-state index contributed by atoms with van der Waals surface area (Å²) in [6.45, 7) is 0. The molecule has 0 radical (unpaired) electrons. The van der Waals surface area contributed by atoms with Crippen molar-refractivity contribution in [3.05, 3.63) is 0 Å². The van der Waals surface area contributed by atoms with Crippen LogP contribution in [0.25, 0.3) is 0 Å². The summed E-state index contributed by atoms with van der Waals surface area (Å²) < 4.78 is 22.6. The minimum Gasteiger partial charge on any atom is -0.370 e. The van der Waals surface area contributed by atoms with E-state index in [1.54, 1.807) is 6.42 Å². The second-order valence-electron chi connectivity index (χ2n) is 11.7. The van der Waals surface area contributed by atoms with Crippen molar-refractivity contribution in [2.75, 3.05) is 0 Å². The van der Waals surface area contributed by atoms with E-state index in [-0.39, 0.29) is 0 Å². The fourth-order valence-corrected chi connectivity index (χ4v) is 9.66. The molecule has 0 aromatic heterocycles. The Morgan fingerprint density at radius 3 is 1.74 bits per heavy atom. The highest BCUT2D eigenvalue weighted by Gasteiger charge is 2.71. The quantitative estimate of drug-likeness (QED) is 0.615. The number of ether oxygens (including phenoxy) is 4. The monoisotopic (exact) mass is 370 g/mol. The lowest BCUT2D eigenvalue weighted by Gasteiger charge is -2.40. The van der Waals surface area contributed by atoms with Crippen molar-refractivity contribution in [2.24, 2.45) is 47.3 Å². The topological polar surface area (TPSA) is 50.1 Å². The van der Waals surface area contributed by atoms with Gasteiger partial charge in [-0.3, -0.25) is 0 Å². The van der Waals surface area contributed by atoms with Crippen LogP contribution in [0.5, 0.6) is 0 Å². The summed E-state index contributed by atoms with van der Waals surface area (Å²) in [7, 11) is 0. The molecular formula is C23H30O4. The summed E-state index contributed by atoms with van der Waals surface area (Å²) in [6.07, 6.45) is 15.1. The summed E-state index contributed by atoms with van der Waals surface area (Å²) in [4.78, 5) is 0. The van der Waals surface area contributed by atoms with Crippen LogP contribution in [0, 0.1) is 47.3 Å². The molecule has 146 valence electrons. The van der Waals surface area contributed by atoms with Gasteiger partial charge in [0.1, 0.15) is 0 Å². The zero-order valence-corrected chi connectivity index (χ0v) is 15.8. The van der Waals surface area contributed by atoms with Gasteiger partial charge in [0.2, 0.25) is 0 Å². The maximum atomic E-state index is 5.81. The van der Waals surface area contributed by atoms with Gasteiger partial charge in [-0.25, -0.2) is 0 Å². The van der Waals surface area contributed by atoms with Crippen LogP contribution in [-0.4, -0.2) is 48.8 Å². The third-order valence-corrected chi connectivity index (χ3v) is 10.8. The molecular weight excluding hydrogens is 340 g/mol. The van der Waals surface area contributed by atoms with E-state index >= 15 is 0 Å². The van der Waals surface area contributed by atoms with Gasteiger partial charge in [0.05, 0.1) is 48.8 Å². The minimum absolute atomic E-state index is 0.638. The lowest BCUT2D eigenvalue weighted by molar-refractivity contribution is 0.0502. The SMILES string of the molecule is C1C2CC3OC3C2CC2OC12.C1C2OC2CC2C1C1CC2C2C1CC1OC12. The van der Waals surface area contributed by atoms with Crippen molar-refractivity contribution < 1.29 is 18.9 Å². The summed E-state index contributed by atoms with van der Waals surface area (Å²) >= 11 is 0. The molecule has 4 nitrogen and oxygen atoms in total. The van der Waals surface area contributed by atoms with E-state index in [0.717, 1.165) is 47.3 Å². The van der Waals surface area contributed by atoms with Gasteiger partial charge in [0.25, 0.3) is 0 Å². The highest BCUT2D eigenvalue weighted by molar-refractivity contribution is 5.18. The second kappa shape index (κ2) is 4.61. The number of epoxide rings is 4. The minimum atomic E-state index is 0.638. The number of hydrogen-bond acceptors (Lipinski definition) is 4. The van der Waals surface area contributed by atoms with Crippen molar-refractivity contribution in [2.45, 2.75) is 93.8 Å². The molecule has 2 bridgehead atoms. The molecule has 4 aliphatic heterocycles. The highest BCUT2D eigenvalue weighted by atomic mass is 16.6. The predicted octanol–water partition coefficient (Wildman–Crippen LogP) is 2.78. The first-order valence-corrected chi connectivity index (χ1v) is 11.9. The van der Waals surface area contributed by atoms with Crippen LogP contribution >= 0.6 is 0 Å². The standard InChI is InChI=1S/C14H18O2.C9H12O2/c1-5-6-2-10-11(15-10)3-7(6)8(1)13-9(5)4-12-14(13)16-12;1-4-2-8-9(11-8)5(4)3-7-6(1)10-7/h5-14H,1-4H2;4-9H,1-3H2. The molecule has 6 saturated carbocycles. The maximum absolute atomic E-state index is 5.81. The molecule has 10 fully saturated rings. The summed E-state index contributed by atoms with van der Waals surface area (Å²) in [5, 5.41) is 0. The zero-order valence-electron chi connectivity index (χ0n) is 15.8. The lowest BCUT2D eigenvalue weighted by atomic mass is 9.64. The summed E-state index contributed by atoms with van der Waals surface area (Å²) in [6, 6.07) is 0. The Kier molecular flexibility index (Phi) is 2.52. The van der Waals surface area contributed by atoms with Crippen molar-refractivity contribution in [3.63, 3.8) is 0 Å². The summed E-state index contributed by atoms with van der Waals surface area (Å²) in [5.74, 6) is 8.05. The largest absolute Gasteiger partial charge is 0.370 e. The van der Waals surface area contributed by atoms with Gasteiger partial charge in [-0.2, -0.15) is 0 Å². The third kappa shape index (κ3) is 1.90.